The summed E-state index contributed by atoms with van der Waals surface area (Å²) in [5, 5.41) is 12.7. The van der Waals surface area contributed by atoms with Crippen molar-refractivity contribution in [2.24, 2.45) is 0 Å². The fourth-order valence-corrected chi connectivity index (χ4v) is 4.71. The minimum absolute atomic E-state index is 0.330. The van der Waals surface area contributed by atoms with E-state index in [9.17, 15) is 5.11 Å². The first kappa shape index (κ1) is 24.6. The third kappa shape index (κ3) is 5.61. The molecule has 0 unspecified atom stereocenters. The van der Waals surface area contributed by atoms with Crippen molar-refractivity contribution in [3.8, 4) is 5.75 Å². The summed E-state index contributed by atoms with van der Waals surface area (Å²) >= 11 is 0. The zero-order valence-electron chi connectivity index (χ0n) is 20.5. The number of hydrogen-bond donors (Lipinski definition) is 1. The molecule has 4 heteroatoms. The molecule has 0 aliphatic carbocycles. The van der Waals surface area contributed by atoms with Crippen molar-refractivity contribution in [3.63, 3.8) is 0 Å². The molecule has 0 aliphatic rings. The van der Waals surface area contributed by atoms with E-state index in [0.29, 0.717) is 6.61 Å². The first-order valence-corrected chi connectivity index (χ1v) is 12.3. The highest BCUT2D eigenvalue weighted by molar-refractivity contribution is 5.48. The lowest BCUT2D eigenvalue weighted by Crippen LogP contribution is -2.35. The van der Waals surface area contributed by atoms with Gasteiger partial charge in [-0.05, 0) is 59.6 Å². The first-order chi connectivity index (χ1) is 17.2. The van der Waals surface area contributed by atoms with E-state index in [-0.39, 0.29) is 5.92 Å². The molecule has 0 radical (unpaired) electrons. The second kappa shape index (κ2) is 11.8. The smallest absolute Gasteiger partial charge is 0.125 e. The molecular weight excluding hydrogens is 432 g/mol. The molecule has 4 nitrogen and oxygen atoms in total. The Labute approximate surface area is 208 Å². The summed E-state index contributed by atoms with van der Waals surface area (Å²) in [4.78, 5) is 6.55. The molecule has 180 valence electrons. The molecule has 0 aliphatic heterocycles. The predicted octanol–water partition coefficient (Wildman–Crippen LogP) is 5.87. The summed E-state index contributed by atoms with van der Waals surface area (Å²) in [6.07, 6.45) is 3.56. The van der Waals surface area contributed by atoms with E-state index in [1.54, 1.807) is 12.4 Å². The molecule has 0 bridgehead atoms. The topological polar surface area (TPSA) is 45.6 Å². The molecule has 1 aromatic heterocycles. The second-order valence-corrected chi connectivity index (χ2v) is 8.66. The molecule has 0 fully saturated rings. The largest absolute Gasteiger partial charge is 0.492 e. The molecule has 0 spiro atoms. The van der Waals surface area contributed by atoms with Crippen LogP contribution in [0.1, 0.15) is 42.0 Å². The summed E-state index contributed by atoms with van der Waals surface area (Å²) < 4.78 is 6.01. The van der Waals surface area contributed by atoms with Crippen LogP contribution in [-0.2, 0) is 5.60 Å². The molecule has 2 atom stereocenters. The lowest BCUT2D eigenvalue weighted by molar-refractivity contribution is 0.0624. The van der Waals surface area contributed by atoms with Crippen molar-refractivity contribution in [2.45, 2.75) is 25.4 Å². The highest BCUT2D eigenvalue weighted by Crippen LogP contribution is 2.46. The Kier molecular flexibility index (Phi) is 8.30. The van der Waals surface area contributed by atoms with Gasteiger partial charge in [-0.2, -0.15) is 0 Å². The van der Waals surface area contributed by atoms with Crippen LogP contribution in [0.3, 0.4) is 0 Å². The zero-order valence-corrected chi connectivity index (χ0v) is 20.5. The maximum absolute atomic E-state index is 12.7. The zero-order chi connectivity index (χ0) is 24.5. The average molecular weight is 467 g/mol. The monoisotopic (exact) mass is 466 g/mol. The third-order valence-electron chi connectivity index (χ3n) is 6.67. The van der Waals surface area contributed by atoms with Gasteiger partial charge in [-0.15, -0.1) is 0 Å². The van der Waals surface area contributed by atoms with Crippen LogP contribution in [0, 0.1) is 0 Å². The number of rotatable bonds is 11. The number of benzene rings is 3. The summed E-state index contributed by atoms with van der Waals surface area (Å²) in [7, 11) is 0. The number of hydrogen-bond acceptors (Lipinski definition) is 4. The lowest BCUT2D eigenvalue weighted by atomic mass is 9.70. The van der Waals surface area contributed by atoms with E-state index in [0.717, 1.165) is 47.6 Å². The fourth-order valence-electron chi connectivity index (χ4n) is 4.71. The molecule has 1 heterocycles. The van der Waals surface area contributed by atoms with Crippen LogP contribution in [0.25, 0.3) is 0 Å². The number of likely N-dealkylation sites (N-methyl/N-ethyl adjacent to an activating group) is 1. The summed E-state index contributed by atoms with van der Waals surface area (Å²) in [5.41, 5.74) is 2.37. The number of aromatic nitrogens is 1. The normalized spacial score (nSPS) is 13.8. The van der Waals surface area contributed by atoms with Gasteiger partial charge in [0.25, 0.3) is 0 Å². The maximum atomic E-state index is 12.7. The highest BCUT2D eigenvalue weighted by Gasteiger charge is 2.42. The molecule has 0 saturated heterocycles. The van der Waals surface area contributed by atoms with Crippen molar-refractivity contribution in [2.75, 3.05) is 26.2 Å². The Morgan fingerprint density at radius 2 is 1.29 bits per heavy atom. The van der Waals surface area contributed by atoms with Gasteiger partial charge in [0.05, 0.1) is 0 Å². The Morgan fingerprint density at radius 3 is 1.89 bits per heavy atom. The molecule has 1 N–H and O–H groups in total. The van der Waals surface area contributed by atoms with Crippen molar-refractivity contribution < 1.29 is 9.84 Å². The molecule has 4 rings (SSSR count). The number of aliphatic hydroxyl groups is 1. The lowest BCUT2D eigenvalue weighted by Gasteiger charge is -2.38. The number of nitrogens with zero attached hydrogens (tertiary/aromatic N) is 2. The van der Waals surface area contributed by atoms with Crippen LogP contribution < -0.4 is 4.74 Å². The van der Waals surface area contributed by atoms with Gasteiger partial charge >= 0.3 is 0 Å². The molecular formula is C31H34N2O2. The van der Waals surface area contributed by atoms with Crippen LogP contribution in [-0.4, -0.2) is 41.2 Å². The van der Waals surface area contributed by atoms with Gasteiger partial charge in [0.1, 0.15) is 18.0 Å². The van der Waals surface area contributed by atoms with Gasteiger partial charge in [-0.3, -0.25) is 4.98 Å². The van der Waals surface area contributed by atoms with Gasteiger partial charge in [0, 0.05) is 24.9 Å². The van der Waals surface area contributed by atoms with Gasteiger partial charge in [-0.1, -0.05) is 86.6 Å². The third-order valence-corrected chi connectivity index (χ3v) is 6.67. The summed E-state index contributed by atoms with van der Waals surface area (Å²) in [5.74, 6) is 0.472. The van der Waals surface area contributed by atoms with E-state index in [1.165, 1.54) is 0 Å². The number of ether oxygens (including phenoxy) is 1. The van der Waals surface area contributed by atoms with Gasteiger partial charge < -0.3 is 14.7 Å². The quantitative estimate of drug-likeness (QED) is 0.300. The van der Waals surface area contributed by atoms with Crippen molar-refractivity contribution in [1.82, 2.24) is 9.88 Å². The Morgan fingerprint density at radius 1 is 0.743 bits per heavy atom. The van der Waals surface area contributed by atoms with Crippen molar-refractivity contribution >= 4 is 0 Å². The Hall–Kier alpha value is -3.47. The van der Waals surface area contributed by atoms with Crippen LogP contribution in [0.15, 0.2) is 109 Å². The Balaban J connectivity index is 1.74. The standard InChI is InChI=1S/C31H34N2O2/c1-3-33(4-2)23-24-35-29-17-15-28(16-18-29)31(34,27-13-9-6-10-14-27)30(25-11-7-5-8-12-25)26-19-21-32-22-20-26/h5-22,30,34H,3-4,23-24H2,1-2H3/t30-,31-/m1/s1. The minimum atomic E-state index is -1.30. The SMILES string of the molecule is CCN(CC)CCOc1ccc([C@](O)(c2ccccc2)[C@H](c2ccccc2)c2ccncc2)cc1. The highest BCUT2D eigenvalue weighted by atomic mass is 16.5. The molecule has 35 heavy (non-hydrogen) atoms. The first-order valence-electron chi connectivity index (χ1n) is 12.3. The van der Waals surface area contributed by atoms with Crippen LogP contribution in [0.5, 0.6) is 5.75 Å². The van der Waals surface area contributed by atoms with Gasteiger partial charge in [0.15, 0.2) is 0 Å². The van der Waals surface area contributed by atoms with Crippen molar-refractivity contribution in [1.29, 1.82) is 0 Å². The van der Waals surface area contributed by atoms with E-state index < -0.39 is 5.60 Å². The molecule has 3 aromatic carbocycles. The van der Waals surface area contributed by atoms with E-state index in [2.05, 4.69) is 35.9 Å². The fraction of sp³-hybridized carbons (Fsp3) is 0.258. The Bertz CT molecular complexity index is 1110. The molecule has 0 saturated carbocycles. The summed E-state index contributed by atoms with van der Waals surface area (Å²) in [6, 6.07) is 31.9. The van der Waals surface area contributed by atoms with Gasteiger partial charge in [-0.25, -0.2) is 0 Å². The van der Waals surface area contributed by atoms with Crippen LogP contribution in [0.2, 0.25) is 0 Å². The number of pyridine rings is 1. The second-order valence-electron chi connectivity index (χ2n) is 8.66. The van der Waals surface area contributed by atoms with Crippen LogP contribution >= 0.6 is 0 Å². The minimum Gasteiger partial charge on any atom is -0.492 e. The van der Waals surface area contributed by atoms with Crippen LogP contribution in [0.4, 0.5) is 0 Å². The average Bonchev–Trinajstić information content (AvgIpc) is 2.93. The predicted molar refractivity (Wildman–Crippen MR) is 142 cm³/mol. The van der Waals surface area contributed by atoms with Gasteiger partial charge in [0.2, 0.25) is 0 Å². The van der Waals surface area contributed by atoms with E-state index in [4.69, 9.17) is 4.74 Å². The maximum Gasteiger partial charge on any atom is 0.125 e. The van der Waals surface area contributed by atoms with E-state index >= 15 is 0 Å². The van der Waals surface area contributed by atoms with E-state index in [1.807, 2.05) is 84.9 Å². The summed E-state index contributed by atoms with van der Waals surface area (Å²) in [6.45, 7) is 7.87. The van der Waals surface area contributed by atoms with Crippen molar-refractivity contribution in [3.05, 3.63) is 132 Å². The molecule has 0 amide bonds. The molecule has 4 aromatic rings.